The Kier molecular flexibility index (Phi) is 7.74. The number of ether oxygens (including phenoxy) is 2. The second-order valence-electron chi connectivity index (χ2n) is 6.34. The molecule has 0 radical (unpaired) electrons. The van der Waals surface area contributed by atoms with Gasteiger partial charge in [-0.2, -0.15) is 13.2 Å². The average molecular weight is 435 g/mol. The van der Waals surface area contributed by atoms with Crippen molar-refractivity contribution in [3.63, 3.8) is 0 Å². The van der Waals surface area contributed by atoms with Gasteiger partial charge in [-0.1, -0.05) is 12.1 Å². The standard InChI is InChI=1S/C18H21F3N4O3.ClH/c1-24-8-7-23-17(24)13-10-22-6-9-25(13)16(26)11-27-14-4-2-3-5-15(14)28-12-18(19,20)21;/h2-5,7-8,13,22H,6,9-12H2,1H3;1H. The van der Waals surface area contributed by atoms with Gasteiger partial charge in [0.2, 0.25) is 0 Å². The Morgan fingerprint density at radius 3 is 2.59 bits per heavy atom. The zero-order valence-corrected chi connectivity index (χ0v) is 16.5. The van der Waals surface area contributed by atoms with Crippen LogP contribution >= 0.6 is 12.4 Å². The van der Waals surface area contributed by atoms with Crippen molar-refractivity contribution in [2.24, 2.45) is 7.05 Å². The molecule has 1 aromatic heterocycles. The van der Waals surface area contributed by atoms with Crippen molar-refractivity contribution in [3.8, 4) is 11.5 Å². The number of carbonyl (C=O) groups excluding carboxylic acids is 1. The smallest absolute Gasteiger partial charge is 0.422 e. The van der Waals surface area contributed by atoms with Crippen LogP contribution in [-0.4, -0.2) is 59.4 Å². The predicted molar refractivity (Wildman–Crippen MR) is 101 cm³/mol. The summed E-state index contributed by atoms with van der Waals surface area (Å²) in [6, 6.07) is 5.72. The quantitative estimate of drug-likeness (QED) is 0.755. The first kappa shape index (κ1) is 22.8. The number of para-hydroxylation sites is 2. The Hall–Kier alpha value is -2.46. The van der Waals surface area contributed by atoms with E-state index in [-0.39, 0.29) is 42.5 Å². The fourth-order valence-electron chi connectivity index (χ4n) is 3.00. The number of alkyl halides is 3. The summed E-state index contributed by atoms with van der Waals surface area (Å²) in [5.41, 5.74) is 0. The van der Waals surface area contributed by atoms with E-state index in [0.717, 1.165) is 5.82 Å². The Labute approximate surface area is 172 Å². The van der Waals surface area contributed by atoms with Crippen LogP contribution in [0.25, 0.3) is 0 Å². The van der Waals surface area contributed by atoms with E-state index in [1.54, 1.807) is 23.4 Å². The highest BCUT2D eigenvalue weighted by Crippen LogP contribution is 2.29. The minimum absolute atomic E-state index is 0. The van der Waals surface area contributed by atoms with E-state index in [4.69, 9.17) is 9.47 Å². The van der Waals surface area contributed by atoms with Gasteiger partial charge in [0.05, 0.1) is 0 Å². The minimum atomic E-state index is -4.46. The highest BCUT2D eigenvalue weighted by Gasteiger charge is 2.31. The number of halogens is 4. The summed E-state index contributed by atoms with van der Waals surface area (Å²) < 4.78 is 49.3. The molecule has 0 saturated carbocycles. The third-order valence-electron chi connectivity index (χ3n) is 4.31. The van der Waals surface area contributed by atoms with Gasteiger partial charge in [-0.25, -0.2) is 4.98 Å². The zero-order chi connectivity index (χ0) is 20.1. The Morgan fingerprint density at radius 2 is 1.97 bits per heavy atom. The maximum atomic E-state index is 12.7. The number of aromatic nitrogens is 2. The molecule has 29 heavy (non-hydrogen) atoms. The Balaban J connectivity index is 0.00000300. The van der Waals surface area contributed by atoms with Gasteiger partial charge < -0.3 is 24.3 Å². The number of imidazole rings is 1. The van der Waals surface area contributed by atoms with Gasteiger partial charge >= 0.3 is 6.18 Å². The maximum Gasteiger partial charge on any atom is 0.422 e. The SMILES string of the molecule is Cl.Cn1ccnc1C1CNCCN1C(=O)COc1ccccc1OCC(F)(F)F. The molecule has 1 N–H and O–H groups in total. The molecule has 11 heteroatoms. The summed E-state index contributed by atoms with van der Waals surface area (Å²) in [6.07, 6.45) is -0.992. The van der Waals surface area contributed by atoms with Crippen LogP contribution in [-0.2, 0) is 11.8 Å². The lowest BCUT2D eigenvalue weighted by molar-refractivity contribution is -0.153. The van der Waals surface area contributed by atoms with Crippen molar-refractivity contribution in [2.45, 2.75) is 12.2 Å². The number of piperazine rings is 1. The largest absolute Gasteiger partial charge is 0.480 e. The Bertz CT molecular complexity index is 816. The first-order chi connectivity index (χ1) is 13.3. The second-order valence-corrected chi connectivity index (χ2v) is 6.34. The topological polar surface area (TPSA) is 68.6 Å². The first-order valence-electron chi connectivity index (χ1n) is 8.74. The van der Waals surface area contributed by atoms with Crippen LogP contribution in [0.3, 0.4) is 0 Å². The molecule has 1 aliphatic rings. The lowest BCUT2D eigenvalue weighted by Gasteiger charge is -2.35. The molecule has 1 atom stereocenters. The van der Waals surface area contributed by atoms with E-state index >= 15 is 0 Å². The molecule has 2 heterocycles. The average Bonchev–Trinajstić information content (AvgIpc) is 3.10. The number of carbonyl (C=O) groups is 1. The van der Waals surface area contributed by atoms with Crippen LogP contribution in [0.2, 0.25) is 0 Å². The lowest BCUT2D eigenvalue weighted by atomic mass is 10.1. The highest BCUT2D eigenvalue weighted by molar-refractivity contribution is 5.85. The van der Waals surface area contributed by atoms with Crippen molar-refractivity contribution in [3.05, 3.63) is 42.5 Å². The van der Waals surface area contributed by atoms with E-state index in [1.807, 2.05) is 11.6 Å². The van der Waals surface area contributed by atoms with Crippen molar-refractivity contribution in [1.29, 1.82) is 0 Å². The van der Waals surface area contributed by atoms with E-state index in [9.17, 15) is 18.0 Å². The molecule has 160 valence electrons. The number of hydrogen-bond donors (Lipinski definition) is 1. The molecule has 1 amide bonds. The van der Waals surface area contributed by atoms with Gasteiger partial charge in [-0.05, 0) is 12.1 Å². The second kappa shape index (κ2) is 9.84. The number of hydrogen-bond acceptors (Lipinski definition) is 5. The van der Waals surface area contributed by atoms with Crippen LogP contribution in [0.4, 0.5) is 13.2 Å². The summed E-state index contributed by atoms with van der Waals surface area (Å²) in [4.78, 5) is 18.7. The highest BCUT2D eigenvalue weighted by atomic mass is 35.5. The van der Waals surface area contributed by atoms with E-state index in [2.05, 4.69) is 10.3 Å². The maximum absolute atomic E-state index is 12.7. The third kappa shape index (κ3) is 6.01. The molecule has 3 rings (SSSR count). The molecule has 1 unspecified atom stereocenters. The lowest BCUT2D eigenvalue weighted by Crippen LogP contribution is -2.50. The summed E-state index contributed by atoms with van der Waals surface area (Å²) in [5.74, 6) is 0.493. The fourth-order valence-corrected chi connectivity index (χ4v) is 3.00. The molecule has 1 aromatic carbocycles. The molecule has 0 aliphatic carbocycles. The minimum Gasteiger partial charge on any atom is -0.480 e. The van der Waals surface area contributed by atoms with Crippen molar-refractivity contribution in [2.75, 3.05) is 32.8 Å². The van der Waals surface area contributed by atoms with Crippen LogP contribution < -0.4 is 14.8 Å². The van der Waals surface area contributed by atoms with Crippen LogP contribution in [0, 0.1) is 0 Å². The van der Waals surface area contributed by atoms with Gasteiger partial charge in [-0.15, -0.1) is 12.4 Å². The number of nitrogens with one attached hydrogen (secondary N) is 1. The number of nitrogens with zero attached hydrogens (tertiary/aromatic N) is 3. The summed E-state index contributed by atoms with van der Waals surface area (Å²) in [6.45, 7) is -0.0700. The van der Waals surface area contributed by atoms with Gasteiger partial charge in [0.1, 0.15) is 11.9 Å². The van der Waals surface area contributed by atoms with E-state index in [1.165, 1.54) is 18.2 Å². The summed E-state index contributed by atoms with van der Waals surface area (Å²) in [7, 11) is 1.85. The Morgan fingerprint density at radius 1 is 1.28 bits per heavy atom. The predicted octanol–water partition coefficient (Wildman–Crippen LogP) is 2.33. The number of benzene rings is 1. The van der Waals surface area contributed by atoms with Gasteiger partial charge in [0.15, 0.2) is 24.7 Å². The zero-order valence-electron chi connectivity index (χ0n) is 15.7. The molecule has 7 nitrogen and oxygen atoms in total. The van der Waals surface area contributed by atoms with Crippen molar-refractivity contribution >= 4 is 18.3 Å². The van der Waals surface area contributed by atoms with E-state index in [0.29, 0.717) is 19.6 Å². The number of rotatable bonds is 6. The van der Waals surface area contributed by atoms with E-state index < -0.39 is 12.8 Å². The summed E-state index contributed by atoms with van der Waals surface area (Å²) >= 11 is 0. The molecule has 1 fully saturated rings. The van der Waals surface area contributed by atoms with Gasteiger partial charge in [0.25, 0.3) is 5.91 Å². The van der Waals surface area contributed by atoms with Crippen LogP contribution in [0.15, 0.2) is 36.7 Å². The third-order valence-corrected chi connectivity index (χ3v) is 4.31. The number of amides is 1. The molecule has 1 saturated heterocycles. The van der Waals surface area contributed by atoms with Crippen LogP contribution in [0.5, 0.6) is 11.5 Å². The van der Waals surface area contributed by atoms with Crippen LogP contribution in [0.1, 0.15) is 11.9 Å². The van der Waals surface area contributed by atoms with Crippen molar-refractivity contribution in [1.82, 2.24) is 19.8 Å². The molecule has 2 aromatic rings. The molecular weight excluding hydrogens is 413 g/mol. The monoisotopic (exact) mass is 434 g/mol. The number of aryl methyl sites for hydroxylation is 1. The fraction of sp³-hybridized carbons (Fsp3) is 0.444. The van der Waals surface area contributed by atoms with Gasteiger partial charge in [-0.3, -0.25) is 4.79 Å². The van der Waals surface area contributed by atoms with Gasteiger partial charge in [0, 0.05) is 39.1 Å². The molecular formula is C18H22ClF3N4O3. The normalized spacial score (nSPS) is 16.8. The van der Waals surface area contributed by atoms with Crippen molar-refractivity contribution < 1.29 is 27.4 Å². The molecule has 0 spiro atoms. The molecule has 1 aliphatic heterocycles. The molecule has 0 bridgehead atoms. The first-order valence-corrected chi connectivity index (χ1v) is 8.74. The summed E-state index contributed by atoms with van der Waals surface area (Å²) in [5, 5.41) is 3.23.